The van der Waals surface area contributed by atoms with Gasteiger partial charge in [0, 0.05) is 11.8 Å². The number of thiocarbonyl (C=S) groups is 1. The summed E-state index contributed by atoms with van der Waals surface area (Å²) in [6, 6.07) is 37.1. The number of aromatic nitrogens is 2. The highest BCUT2D eigenvalue weighted by Crippen LogP contribution is 2.22. The normalized spacial score (nSPS) is 10.5. The van der Waals surface area contributed by atoms with Crippen LogP contribution in [0.2, 0.25) is 0 Å². The fourth-order valence-electron chi connectivity index (χ4n) is 3.83. The first-order valence-electron chi connectivity index (χ1n) is 11.7. The molecule has 7 heteroatoms. The molecule has 0 aliphatic carbocycles. The van der Waals surface area contributed by atoms with Crippen LogP contribution in [0.1, 0.15) is 16.1 Å². The van der Waals surface area contributed by atoms with Gasteiger partial charge in [0.1, 0.15) is 18.1 Å². The zero-order valence-electron chi connectivity index (χ0n) is 19.9. The van der Waals surface area contributed by atoms with Crippen molar-refractivity contribution in [2.24, 2.45) is 0 Å². The summed E-state index contributed by atoms with van der Waals surface area (Å²) in [7, 11) is 0. The van der Waals surface area contributed by atoms with E-state index in [2.05, 4.69) is 52.1 Å². The highest BCUT2D eigenvalue weighted by atomic mass is 32.1. The Morgan fingerprint density at radius 1 is 0.811 bits per heavy atom. The summed E-state index contributed by atoms with van der Waals surface area (Å²) in [6.45, 7) is 0.434. The van der Waals surface area contributed by atoms with Crippen LogP contribution in [0.15, 0.2) is 121 Å². The first-order valence-corrected chi connectivity index (χ1v) is 12.2. The standard InChI is InChI=1S/C30H24N4O2S/c35-29(28-18-19-31-34(28)26-11-5-2-6-12-26)33-30(37)32-25-10-7-13-27(20-25)36-21-22-14-16-24(17-15-22)23-8-3-1-4-9-23/h1-20H,21H2,(H2,32,33,35,37). The molecule has 0 saturated carbocycles. The summed E-state index contributed by atoms with van der Waals surface area (Å²) in [4.78, 5) is 12.8. The molecule has 0 aliphatic heterocycles. The third kappa shape index (κ3) is 6.09. The Kier molecular flexibility index (Phi) is 7.34. The summed E-state index contributed by atoms with van der Waals surface area (Å²) in [5.74, 6) is 0.332. The average molecular weight is 505 g/mol. The van der Waals surface area contributed by atoms with E-state index in [0.717, 1.165) is 16.8 Å². The molecule has 0 saturated heterocycles. The first kappa shape index (κ1) is 24.0. The Balaban J connectivity index is 1.17. The molecular formula is C30H24N4O2S. The number of rotatable bonds is 7. The van der Waals surface area contributed by atoms with Gasteiger partial charge < -0.3 is 10.1 Å². The molecule has 0 unspecified atom stereocenters. The molecule has 1 aromatic heterocycles. The van der Waals surface area contributed by atoms with Crippen molar-refractivity contribution >= 4 is 28.9 Å². The predicted octanol–water partition coefficient (Wildman–Crippen LogP) is 6.25. The van der Waals surface area contributed by atoms with Gasteiger partial charge >= 0.3 is 0 Å². The quantitative estimate of drug-likeness (QED) is 0.257. The van der Waals surface area contributed by atoms with E-state index in [-0.39, 0.29) is 11.0 Å². The van der Waals surface area contributed by atoms with Gasteiger partial charge in [0.05, 0.1) is 11.9 Å². The van der Waals surface area contributed by atoms with E-state index in [9.17, 15) is 4.79 Å². The molecule has 0 bridgehead atoms. The number of hydrogen-bond donors (Lipinski definition) is 2. The van der Waals surface area contributed by atoms with Crippen molar-refractivity contribution in [1.29, 1.82) is 0 Å². The SMILES string of the molecule is O=C(NC(=S)Nc1cccc(OCc2ccc(-c3ccccc3)cc2)c1)c1ccnn1-c1ccccc1. The van der Waals surface area contributed by atoms with E-state index < -0.39 is 0 Å². The number of carbonyl (C=O) groups is 1. The first-order chi connectivity index (χ1) is 18.2. The van der Waals surface area contributed by atoms with Gasteiger partial charge in [-0.15, -0.1) is 0 Å². The minimum absolute atomic E-state index is 0.180. The van der Waals surface area contributed by atoms with E-state index in [4.69, 9.17) is 17.0 Å². The second-order valence-electron chi connectivity index (χ2n) is 8.25. The molecule has 0 spiro atoms. The van der Waals surface area contributed by atoms with Crippen LogP contribution in [-0.2, 0) is 6.61 Å². The van der Waals surface area contributed by atoms with E-state index >= 15 is 0 Å². The average Bonchev–Trinajstić information content (AvgIpc) is 3.44. The largest absolute Gasteiger partial charge is 0.489 e. The van der Waals surface area contributed by atoms with Crippen molar-refractivity contribution in [2.45, 2.75) is 6.61 Å². The van der Waals surface area contributed by atoms with Crippen molar-refractivity contribution in [3.8, 4) is 22.6 Å². The third-order valence-corrected chi connectivity index (χ3v) is 5.87. The van der Waals surface area contributed by atoms with Gasteiger partial charge in [-0.3, -0.25) is 10.1 Å². The molecule has 1 heterocycles. The van der Waals surface area contributed by atoms with E-state index in [0.29, 0.717) is 23.7 Å². The molecule has 0 atom stereocenters. The van der Waals surface area contributed by atoms with Crippen LogP contribution in [0, 0.1) is 0 Å². The minimum atomic E-state index is -0.356. The lowest BCUT2D eigenvalue weighted by molar-refractivity contribution is 0.0970. The van der Waals surface area contributed by atoms with Gasteiger partial charge in [0.15, 0.2) is 5.11 Å². The summed E-state index contributed by atoms with van der Waals surface area (Å²) < 4.78 is 7.55. The predicted molar refractivity (Wildman–Crippen MR) is 150 cm³/mol. The lowest BCUT2D eigenvalue weighted by atomic mass is 10.0. The fraction of sp³-hybridized carbons (Fsp3) is 0.0333. The van der Waals surface area contributed by atoms with Crippen molar-refractivity contribution < 1.29 is 9.53 Å². The smallest absolute Gasteiger partial charge is 0.276 e. The van der Waals surface area contributed by atoms with E-state index in [1.54, 1.807) is 16.9 Å². The lowest BCUT2D eigenvalue weighted by Crippen LogP contribution is -2.35. The monoisotopic (exact) mass is 504 g/mol. The summed E-state index contributed by atoms with van der Waals surface area (Å²) in [6.07, 6.45) is 1.58. The molecule has 182 valence electrons. The van der Waals surface area contributed by atoms with Crippen LogP contribution in [0.3, 0.4) is 0 Å². The Hall–Kier alpha value is -4.75. The Labute approximate surface area is 220 Å². The number of para-hydroxylation sites is 1. The number of nitrogens with one attached hydrogen (secondary N) is 2. The van der Waals surface area contributed by atoms with Gasteiger partial charge in [-0.2, -0.15) is 5.10 Å². The van der Waals surface area contributed by atoms with Gasteiger partial charge in [0.2, 0.25) is 0 Å². The van der Waals surface area contributed by atoms with Gasteiger partial charge in [-0.05, 0) is 59.2 Å². The van der Waals surface area contributed by atoms with Crippen molar-refractivity contribution in [3.05, 3.63) is 133 Å². The van der Waals surface area contributed by atoms with E-state index in [1.807, 2.05) is 72.8 Å². The summed E-state index contributed by atoms with van der Waals surface area (Å²) >= 11 is 5.37. The molecule has 37 heavy (non-hydrogen) atoms. The van der Waals surface area contributed by atoms with Crippen LogP contribution < -0.4 is 15.4 Å². The van der Waals surface area contributed by atoms with Crippen molar-refractivity contribution in [3.63, 3.8) is 0 Å². The summed E-state index contributed by atoms with van der Waals surface area (Å²) in [5, 5.41) is 10.2. The second kappa shape index (κ2) is 11.3. The molecule has 0 aliphatic rings. The van der Waals surface area contributed by atoms with E-state index in [1.165, 1.54) is 5.56 Å². The minimum Gasteiger partial charge on any atom is -0.489 e. The molecule has 6 nitrogen and oxygen atoms in total. The third-order valence-electron chi connectivity index (χ3n) is 5.66. The van der Waals surface area contributed by atoms with Gasteiger partial charge in [-0.1, -0.05) is 78.9 Å². The number of benzene rings is 4. The Morgan fingerprint density at radius 2 is 1.51 bits per heavy atom. The maximum Gasteiger partial charge on any atom is 0.276 e. The molecule has 0 radical (unpaired) electrons. The number of nitrogens with zero attached hydrogens (tertiary/aromatic N) is 2. The Bertz CT molecular complexity index is 1500. The van der Waals surface area contributed by atoms with Crippen molar-refractivity contribution in [2.75, 3.05) is 5.32 Å². The maximum absolute atomic E-state index is 12.8. The number of anilines is 1. The van der Waals surface area contributed by atoms with Crippen LogP contribution in [0.5, 0.6) is 5.75 Å². The highest BCUT2D eigenvalue weighted by molar-refractivity contribution is 7.80. The maximum atomic E-state index is 12.8. The van der Waals surface area contributed by atoms with Crippen LogP contribution in [-0.4, -0.2) is 20.8 Å². The molecule has 5 rings (SSSR count). The topological polar surface area (TPSA) is 68.2 Å². The van der Waals surface area contributed by atoms with Gasteiger partial charge in [-0.25, -0.2) is 4.68 Å². The molecule has 4 aromatic carbocycles. The Morgan fingerprint density at radius 3 is 2.27 bits per heavy atom. The molecule has 0 fully saturated rings. The van der Waals surface area contributed by atoms with Crippen LogP contribution in [0.4, 0.5) is 5.69 Å². The number of amides is 1. The second-order valence-corrected chi connectivity index (χ2v) is 8.66. The summed E-state index contributed by atoms with van der Waals surface area (Å²) in [5.41, 5.74) is 5.29. The molecule has 5 aromatic rings. The number of ether oxygens (including phenoxy) is 1. The molecule has 2 N–H and O–H groups in total. The molecular weight excluding hydrogens is 480 g/mol. The van der Waals surface area contributed by atoms with Crippen LogP contribution in [0.25, 0.3) is 16.8 Å². The lowest BCUT2D eigenvalue weighted by Gasteiger charge is -2.12. The highest BCUT2D eigenvalue weighted by Gasteiger charge is 2.15. The fourth-order valence-corrected chi connectivity index (χ4v) is 4.04. The molecule has 1 amide bonds. The van der Waals surface area contributed by atoms with Gasteiger partial charge in [0.25, 0.3) is 5.91 Å². The van der Waals surface area contributed by atoms with Crippen molar-refractivity contribution in [1.82, 2.24) is 15.1 Å². The number of hydrogen-bond acceptors (Lipinski definition) is 4. The zero-order chi connectivity index (χ0) is 25.5. The number of carbonyl (C=O) groups excluding carboxylic acids is 1. The zero-order valence-corrected chi connectivity index (χ0v) is 20.7. The van der Waals surface area contributed by atoms with Crippen LogP contribution >= 0.6 is 12.2 Å².